The molecule has 1 aliphatic heterocycles. The van der Waals surface area contributed by atoms with Crippen molar-refractivity contribution in [1.29, 1.82) is 0 Å². The number of aromatic carboxylic acids is 1. The summed E-state index contributed by atoms with van der Waals surface area (Å²) in [5, 5.41) is 9.17. The predicted molar refractivity (Wildman–Crippen MR) is 76.3 cm³/mol. The van der Waals surface area contributed by atoms with Crippen LogP contribution in [-0.2, 0) is 6.54 Å². The smallest absolute Gasteiger partial charge is 0.336 e. The lowest BCUT2D eigenvalue weighted by molar-refractivity contribution is 0.0691. The number of rotatable bonds is 4. The van der Waals surface area contributed by atoms with Crippen molar-refractivity contribution >= 4 is 5.97 Å². The number of hydrogen-bond acceptors (Lipinski definition) is 2. The van der Waals surface area contributed by atoms with E-state index < -0.39 is 5.97 Å². The fraction of sp³-hybridized carbons (Fsp3) is 0.562. The van der Waals surface area contributed by atoms with Crippen LogP contribution < -0.4 is 0 Å². The molecule has 1 aromatic rings. The zero-order valence-corrected chi connectivity index (χ0v) is 12.2. The van der Waals surface area contributed by atoms with Crippen molar-refractivity contribution in [2.24, 2.45) is 5.41 Å². The molecule has 0 radical (unpaired) electrons. The molecular weight excluding hydrogens is 257 g/mol. The van der Waals surface area contributed by atoms with E-state index in [2.05, 4.69) is 18.7 Å². The molecule has 2 rings (SSSR count). The van der Waals surface area contributed by atoms with E-state index >= 15 is 0 Å². The van der Waals surface area contributed by atoms with E-state index in [9.17, 15) is 9.18 Å². The highest BCUT2D eigenvalue weighted by Crippen LogP contribution is 2.34. The number of carboxylic acids is 1. The average molecular weight is 279 g/mol. The molecule has 20 heavy (non-hydrogen) atoms. The van der Waals surface area contributed by atoms with Crippen LogP contribution >= 0.6 is 0 Å². The van der Waals surface area contributed by atoms with Gasteiger partial charge in [-0.25, -0.2) is 9.18 Å². The lowest BCUT2D eigenvalue weighted by atomic mass is 9.78. The summed E-state index contributed by atoms with van der Waals surface area (Å²) in [4.78, 5) is 13.4. The van der Waals surface area contributed by atoms with Crippen molar-refractivity contribution in [3.63, 3.8) is 0 Å². The Morgan fingerprint density at radius 3 is 2.60 bits per heavy atom. The minimum Gasteiger partial charge on any atom is -0.478 e. The molecule has 0 amide bonds. The van der Waals surface area contributed by atoms with E-state index in [4.69, 9.17) is 5.11 Å². The van der Waals surface area contributed by atoms with Crippen LogP contribution in [0.4, 0.5) is 4.39 Å². The fourth-order valence-electron chi connectivity index (χ4n) is 2.75. The molecule has 0 aliphatic carbocycles. The molecule has 0 aromatic heterocycles. The summed E-state index contributed by atoms with van der Waals surface area (Å²) < 4.78 is 13.3. The van der Waals surface area contributed by atoms with Crippen LogP contribution in [0.5, 0.6) is 0 Å². The Bertz CT molecular complexity index is 493. The van der Waals surface area contributed by atoms with Gasteiger partial charge in [0.05, 0.1) is 5.56 Å². The molecule has 1 heterocycles. The first-order chi connectivity index (χ1) is 9.43. The second-order valence-corrected chi connectivity index (χ2v) is 6.05. The molecule has 0 saturated carbocycles. The summed E-state index contributed by atoms with van der Waals surface area (Å²) >= 11 is 0. The summed E-state index contributed by atoms with van der Waals surface area (Å²) in [7, 11) is 0. The Morgan fingerprint density at radius 1 is 1.40 bits per heavy atom. The second kappa shape index (κ2) is 5.92. The highest BCUT2D eigenvalue weighted by molar-refractivity contribution is 5.89. The Morgan fingerprint density at radius 2 is 2.05 bits per heavy atom. The Kier molecular flexibility index (Phi) is 4.43. The topological polar surface area (TPSA) is 40.5 Å². The quantitative estimate of drug-likeness (QED) is 0.916. The molecule has 0 unspecified atom stereocenters. The van der Waals surface area contributed by atoms with Gasteiger partial charge < -0.3 is 5.11 Å². The molecule has 1 fully saturated rings. The molecule has 1 N–H and O–H groups in total. The van der Waals surface area contributed by atoms with Gasteiger partial charge in [0.2, 0.25) is 0 Å². The van der Waals surface area contributed by atoms with Gasteiger partial charge in [0.1, 0.15) is 5.82 Å². The average Bonchev–Trinajstić information content (AvgIpc) is 2.41. The Hall–Kier alpha value is -1.42. The first kappa shape index (κ1) is 15.0. The van der Waals surface area contributed by atoms with Crippen LogP contribution in [0.3, 0.4) is 0 Å². The molecule has 1 aromatic carbocycles. The number of nitrogens with zero attached hydrogens (tertiary/aromatic N) is 1. The minimum absolute atomic E-state index is 0.204. The van der Waals surface area contributed by atoms with E-state index in [-0.39, 0.29) is 11.4 Å². The molecule has 0 spiro atoms. The number of piperidine rings is 1. The lowest BCUT2D eigenvalue weighted by Crippen LogP contribution is -2.38. The van der Waals surface area contributed by atoms with Crippen LogP contribution in [0.2, 0.25) is 0 Å². The predicted octanol–water partition coefficient (Wildman–Crippen LogP) is 3.54. The standard InChI is InChI=1S/C16H22FNO2/c1-3-16(2)6-8-18(9-7-16)11-12-10-13(17)4-5-14(12)15(19)20/h4-5,10H,3,6-9,11H2,1-2H3,(H,19,20). The minimum atomic E-state index is -0.990. The lowest BCUT2D eigenvalue weighted by Gasteiger charge is -2.39. The van der Waals surface area contributed by atoms with Crippen LogP contribution in [0.1, 0.15) is 49.0 Å². The van der Waals surface area contributed by atoms with Crippen molar-refractivity contribution in [1.82, 2.24) is 4.90 Å². The molecule has 4 heteroatoms. The number of hydrogen-bond donors (Lipinski definition) is 1. The summed E-state index contributed by atoms with van der Waals surface area (Å²) in [6.07, 6.45) is 3.39. The van der Waals surface area contributed by atoms with Gasteiger partial charge in [-0.05, 0) is 55.1 Å². The van der Waals surface area contributed by atoms with Crippen molar-refractivity contribution in [3.05, 3.63) is 35.1 Å². The van der Waals surface area contributed by atoms with Crippen LogP contribution in [0.15, 0.2) is 18.2 Å². The van der Waals surface area contributed by atoms with Gasteiger partial charge in [0, 0.05) is 6.54 Å². The Labute approximate surface area is 119 Å². The summed E-state index contributed by atoms with van der Waals surface area (Å²) in [6.45, 7) is 6.92. The van der Waals surface area contributed by atoms with Crippen molar-refractivity contribution < 1.29 is 14.3 Å². The van der Waals surface area contributed by atoms with Gasteiger partial charge in [-0.15, -0.1) is 0 Å². The summed E-state index contributed by atoms with van der Waals surface area (Å²) in [5.74, 6) is -1.36. The number of carbonyl (C=O) groups is 1. The van der Waals surface area contributed by atoms with Crippen LogP contribution in [-0.4, -0.2) is 29.1 Å². The fourth-order valence-corrected chi connectivity index (χ4v) is 2.75. The van der Waals surface area contributed by atoms with Gasteiger partial charge in [0.15, 0.2) is 0 Å². The molecule has 110 valence electrons. The van der Waals surface area contributed by atoms with Crippen molar-refractivity contribution in [3.8, 4) is 0 Å². The maximum absolute atomic E-state index is 13.3. The maximum Gasteiger partial charge on any atom is 0.336 e. The molecule has 3 nitrogen and oxygen atoms in total. The molecular formula is C16H22FNO2. The van der Waals surface area contributed by atoms with Gasteiger partial charge in [0.25, 0.3) is 0 Å². The monoisotopic (exact) mass is 279 g/mol. The van der Waals surface area contributed by atoms with Crippen LogP contribution in [0, 0.1) is 11.2 Å². The third-order valence-corrected chi connectivity index (χ3v) is 4.61. The largest absolute Gasteiger partial charge is 0.478 e. The van der Waals surface area contributed by atoms with E-state index in [1.165, 1.54) is 24.6 Å². The zero-order valence-electron chi connectivity index (χ0n) is 12.2. The Balaban J connectivity index is 2.08. The van der Waals surface area contributed by atoms with Gasteiger partial charge >= 0.3 is 5.97 Å². The van der Waals surface area contributed by atoms with E-state index in [1.54, 1.807) is 0 Å². The normalized spacial score (nSPS) is 18.9. The van der Waals surface area contributed by atoms with Gasteiger partial charge in [-0.3, -0.25) is 4.90 Å². The number of likely N-dealkylation sites (tertiary alicyclic amines) is 1. The van der Waals surface area contributed by atoms with E-state index in [1.807, 2.05) is 0 Å². The van der Waals surface area contributed by atoms with Gasteiger partial charge in [-0.1, -0.05) is 20.3 Å². The molecule has 1 saturated heterocycles. The third kappa shape index (κ3) is 3.37. The summed E-state index contributed by atoms with van der Waals surface area (Å²) in [6, 6.07) is 3.90. The number of halogens is 1. The molecule has 1 aliphatic rings. The highest BCUT2D eigenvalue weighted by Gasteiger charge is 2.28. The second-order valence-electron chi connectivity index (χ2n) is 6.05. The van der Waals surface area contributed by atoms with Crippen molar-refractivity contribution in [2.75, 3.05) is 13.1 Å². The first-order valence-electron chi connectivity index (χ1n) is 7.17. The molecule has 0 atom stereocenters. The zero-order chi connectivity index (χ0) is 14.8. The van der Waals surface area contributed by atoms with Crippen molar-refractivity contribution in [2.45, 2.75) is 39.7 Å². The first-order valence-corrected chi connectivity index (χ1v) is 7.17. The van der Waals surface area contributed by atoms with Gasteiger partial charge in [-0.2, -0.15) is 0 Å². The third-order valence-electron chi connectivity index (χ3n) is 4.61. The highest BCUT2D eigenvalue weighted by atomic mass is 19.1. The summed E-state index contributed by atoms with van der Waals surface area (Å²) in [5.41, 5.74) is 1.17. The number of benzene rings is 1. The molecule has 0 bridgehead atoms. The maximum atomic E-state index is 13.3. The SMILES string of the molecule is CCC1(C)CCN(Cc2cc(F)ccc2C(=O)O)CC1. The van der Waals surface area contributed by atoms with E-state index in [0.717, 1.165) is 25.9 Å². The van der Waals surface area contributed by atoms with E-state index in [0.29, 0.717) is 17.5 Å². The van der Waals surface area contributed by atoms with Crippen LogP contribution in [0.25, 0.3) is 0 Å². The number of carboxylic acid groups (broad SMARTS) is 1.